The number of aromatic nitrogens is 1. The molecular formula is C27H30ClN3O3. The zero-order chi connectivity index (χ0) is 23.5. The number of rotatable bonds is 7. The van der Waals surface area contributed by atoms with Gasteiger partial charge in [-0.1, -0.05) is 48.4 Å². The summed E-state index contributed by atoms with van der Waals surface area (Å²) in [6.45, 7) is 1.68. The summed E-state index contributed by atoms with van der Waals surface area (Å²) in [4.78, 5) is 17.1. The van der Waals surface area contributed by atoms with E-state index in [0.717, 1.165) is 54.1 Å². The Bertz CT molecular complexity index is 1160. The van der Waals surface area contributed by atoms with Gasteiger partial charge in [-0.25, -0.2) is 0 Å². The van der Waals surface area contributed by atoms with Gasteiger partial charge in [-0.3, -0.25) is 9.78 Å². The number of halogens is 1. The molecule has 1 unspecified atom stereocenters. The maximum atomic E-state index is 12.5. The molecule has 1 amide bonds. The minimum Gasteiger partial charge on any atom is -0.396 e. The lowest BCUT2D eigenvalue weighted by molar-refractivity contribution is -0.122. The molecular weight excluding hydrogens is 450 g/mol. The summed E-state index contributed by atoms with van der Waals surface area (Å²) in [7, 11) is 0. The molecule has 1 aromatic heterocycles. The van der Waals surface area contributed by atoms with Crippen LogP contribution in [0.5, 0.6) is 0 Å². The van der Waals surface area contributed by atoms with Crippen molar-refractivity contribution in [1.82, 2.24) is 4.98 Å². The van der Waals surface area contributed by atoms with E-state index >= 15 is 0 Å². The van der Waals surface area contributed by atoms with Gasteiger partial charge in [0.1, 0.15) is 0 Å². The van der Waals surface area contributed by atoms with Crippen LogP contribution in [0, 0.1) is 5.92 Å². The largest absolute Gasteiger partial charge is 0.396 e. The maximum absolute atomic E-state index is 12.5. The van der Waals surface area contributed by atoms with Crippen LogP contribution in [0.2, 0.25) is 5.02 Å². The lowest BCUT2D eigenvalue weighted by atomic mass is 9.84. The van der Waals surface area contributed by atoms with Gasteiger partial charge in [0.25, 0.3) is 0 Å². The number of benzene rings is 2. The summed E-state index contributed by atoms with van der Waals surface area (Å²) in [5.41, 5.74) is 10.5. The highest BCUT2D eigenvalue weighted by Crippen LogP contribution is 2.41. The summed E-state index contributed by atoms with van der Waals surface area (Å²) in [5.74, 6) is 0.187. The van der Waals surface area contributed by atoms with Crippen molar-refractivity contribution in [1.29, 1.82) is 0 Å². The van der Waals surface area contributed by atoms with Crippen molar-refractivity contribution >= 4 is 39.8 Å². The number of pyridine rings is 1. The molecule has 2 aromatic carbocycles. The number of nitrogen functional groups attached to an aromatic ring is 1. The van der Waals surface area contributed by atoms with E-state index in [2.05, 4.69) is 22.4 Å². The van der Waals surface area contributed by atoms with Gasteiger partial charge in [-0.15, -0.1) is 0 Å². The number of nitrogens with one attached hydrogen (secondary N) is 1. The average Bonchev–Trinajstić information content (AvgIpc) is 2.81. The van der Waals surface area contributed by atoms with Crippen molar-refractivity contribution in [2.45, 2.75) is 50.7 Å². The lowest BCUT2D eigenvalue weighted by Gasteiger charge is -2.31. The van der Waals surface area contributed by atoms with Crippen LogP contribution in [-0.4, -0.2) is 30.2 Å². The molecule has 34 heavy (non-hydrogen) atoms. The molecule has 6 nitrogen and oxygen atoms in total. The number of amides is 1. The molecule has 3 aromatic rings. The van der Waals surface area contributed by atoms with Crippen LogP contribution in [0.4, 0.5) is 11.4 Å². The van der Waals surface area contributed by atoms with Crippen LogP contribution >= 0.6 is 11.6 Å². The molecule has 2 fully saturated rings. The van der Waals surface area contributed by atoms with Gasteiger partial charge >= 0.3 is 0 Å². The summed E-state index contributed by atoms with van der Waals surface area (Å²) in [6, 6.07) is 13.9. The molecule has 1 saturated heterocycles. The van der Waals surface area contributed by atoms with Crippen LogP contribution in [0.1, 0.15) is 49.1 Å². The third kappa shape index (κ3) is 4.90. The maximum Gasteiger partial charge on any atom is 0.227 e. The number of hydrogen-bond donors (Lipinski definition) is 2. The van der Waals surface area contributed by atoms with E-state index in [1.165, 1.54) is 0 Å². The standard InChI is InChI=1S/C27H30ClN3O3/c28-21-11-12-22-25(26(29)23(13-30-22)31-27(32)18-7-4-8-18)24(21)19-9-10-20(34-15-19)16-33-14-17-5-2-1-3-6-17/h1-3,5-6,11-13,18-20H,4,7-10,14-16H2,(H2,29,30)(H,31,32)/t19?,20-/m0/s1. The van der Waals surface area contributed by atoms with Gasteiger partial charge in [0.05, 0.1) is 49.0 Å². The molecule has 0 bridgehead atoms. The fourth-order valence-corrected chi connectivity index (χ4v) is 5.07. The molecule has 178 valence electrons. The smallest absolute Gasteiger partial charge is 0.227 e. The Morgan fingerprint density at radius 1 is 1.15 bits per heavy atom. The molecule has 2 aliphatic rings. The number of fused-ring (bicyclic) bond motifs is 1. The number of nitrogens with zero attached hydrogens (tertiary/aromatic N) is 1. The predicted octanol–water partition coefficient (Wildman–Crippen LogP) is 5.69. The molecule has 2 atom stereocenters. The first-order valence-corrected chi connectivity index (χ1v) is 12.4. The minimum absolute atomic E-state index is 0.0158. The topological polar surface area (TPSA) is 86.5 Å². The van der Waals surface area contributed by atoms with Gasteiger partial charge in [-0.2, -0.15) is 0 Å². The third-order valence-corrected chi connectivity index (χ3v) is 7.32. The zero-order valence-corrected chi connectivity index (χ0v) is 19.9. The van der Waals surface area contributed by atoms with Crippen LogP contribution in [-0.2, 0) is 20.9 Å². The van der Waals surface area contributed by atoms with Gasteiger partial charge in [0.2, 0.25) is 5.91 Å². The minimum atomic E-state index is 0.0158. The van der Waals surface area contributed by atoms with Crippen LogP contribution in [0.3, 0.4) is 0 Å². The molecule has 0 spiro atoms. The van der Waals surface area contributed by atoms with Crippen molar-refractivity contribution in [2.24, 2.45) is 5.92 Å². The van der Waals surface area contributed by atoms with Crippen molar-refractivity contribution < 1.29 is 14.3 Å². The molecule has 0 radical (unpaired) electrons. The molecule has 7 heteroatoms. The molecule has 5 rings (SSSR count). The fourth-order valence-electron chi connectivity index (χ4n) is 4.76. The predicted molar refractivity (Wildman–Crippen MR) is 135 cm³/mol. The highest BCUT2D eigenvalue weighted by atomic mass is 35.5. The van der Waals surface area contributed by atoms with E-state index in [0.29, 0.717) is 36.2 Å². The van der Waals surface area contributed by atoms with E-state index in [1.54, 1.807) is 6.20 Å². The zero-order valence-electron chi connectivity index (χ0n) is 19.1. The number of carbonyl (C=O) groups is 1. The third-order valence-electron chi connectivity index (χ3n) is 6.99. The highest BCUT2D eigenvalue weighted by Gasteiger charge is 2.29. The Balaban J connectivity index is 1.28. The lowest BCUT2D eigenvalue weighted by Crippen LogP contribution is -2.29. The number of ether oxygens (including phenoxy) is 2. The van der Waals surface area contributed by atoms with Gasteiger partial charge in [-0.05, 0) is 48.9 Å². The summed E-state index contributed by atoms with van der Waals surface area (Å²) in [5, 5.41) is 4.44. The Labute approximate surface area is 204 Å². The highest BCUT2D eigenvalue weighted by molar-refractivity contribution is 6.32. The SMILES string of the molecule is Nc1c(NC(=O)C2CCC2)cnc2ccc(Cl)c(C3CC[C@@H](COCc4ccccc4)OC3)c12. The second-order valence-corrected chi connectivity index (χ2v) is 9.70. The second-order valence-electron chi connectivity index (χ2n) is 9.29. The first-order chi connectivity index (χ1) is 16.6. The van der Waals surface area contributed by atoms with Crippen LogP contribution in [0.25, 0.3) is 10.9 Å². The Morgan fingerprint density at radius 2 is 1.97 bits per heavy atom. The Hall–Kier alpha value is -2.67. The number of anilines is 2. The average molecular weight is 480 g/mol. The van der Waals surface area contributed by atoms with E-state index < -0.39 is 0 Å². The molecule has 3 N–H and O–H groups in total. The van der Waals surface area contributed by atoms with Gasteiger partial charge in [0, 0.05) is 22.2 Å². The quantitative estimate of drug-likeness (QED) is 0.454. The summed E-state index contributed by atoms with van der Waals surface area (Å²) in [6.07, 6.45) is 6.45. The van der Waals surface area contributed by atoms with E-state index in [4.69, 9.17) is 26.8 Å². The fraction of sp³-hybridized carbons (Fsp3) is 0.407. The first kappa shape index (κ1) is 23.1. The monoisotopic (exact) mass is 479 g/mol. The molecule has 1 saturated carbocycles. The molecule has 1 aliphatic heterocycles. The first-order valence-electron chi connectivity index (χ1n) is 12.0. The number of carbonyl (C=O) groups excluding carboxylic acids is 1. The van der Waals surface area contributed by atoms with E-state index in [9.17, 15) is 4.79 Å². The summed E-state index contributed by atoms with van der Waals surface area (Å²) >= 11 is 6.69. The Kier molecular flexibility index (Phi) is 6.99. The van der Waals surface area contributed by atoms with Crippen LogP contribution < -0.4 is 11.1 Å². The van der Waals surface area contributed by atoms with Crippen molar-refractivity contribution in [3.63, 3.8) is 0 Å². The number of hydrogen-bond acceptors (Lipinski definition) is 5. The van der Waals surface area contributed by atoms with Crippen molar-refractivity contribution in [3.8, 4) is 0 Å². The Morgan fingerprint density at radius 3 is 2.68 bits per heavy atom. The van der Waals surface area contributed by atoms with Crippen molar-refractivity contribution in [3.05, 3.63) is 64.8 Å². The normalized spacial score (nSPS) is 20.7. The molecule has 2 heterocycles. The van der Waals surface area contributed by atoms with Crippen LogP contribution in [0.15, 0.2) is 48.7 Å². The van der Waals surface area contributed by atoms with Crippen molar-refractivity contribution in [2.75, 3.05) is 24.3 Å². The van der Waals surface area contributed by atoms with Gasteiger partial charge < -0.3 is 20.5 Å². The second kappa shape index (κ2) is 10.3. The number of nitrogens with two attached hydrogens (primary N) is 1. The molecule has 1 aliphatic carbocycles. The van der Waals surface area contributed by atoms with Gasteiger partial charge in [0.15, 0.2) is 0 Å². The summed E-state index contributed by atoms with van der Waals surface area (Å²) < 4.78 is 12.0. The van der Waals surface area contributed by atoms with E-state index in [1.807, 2.05) is 30.3 Å². The van der Waals surface area contributed by atoms with E-state index in [-0.39, 0.29) is 23.8 Å².